The summed E-state index contributed by atoms with van der Waals surface area (Å²) in [5.41, 5.74) is 2.49. The number of hydrogen-bond donors (Lipinski definition) is 1. The van der Waals surface area contributed by atoms with Crippen LogP contribution < -0.4 is 0 Å². The van der Waals surface area contributed by atoms with E-state index in [0.29, 0.717) is 5.56 Å². The Labute approximate surface area is 125 Å². The average Bonchev–Trinajstić information content (AvgIpc) is 2.46. The molecule has 2 rings (SSSR count). The fraction of sp³-hybridized carbons (Fsp3) is 0.176. The van der Waals surface area contributed by atoms with E-state index in [2.05, 4.69) is 0 Å². The molecular weight excluding hydrogens is 284 g/mol. The minimum absolute atomic E-state index is 0.320. The van der Waals surface area contributed by atoms with Crippen LogP contribution in [0.25, 0.3) is 6.08 Å². The van der Waals surface area contributed by atoms with Gasteiger partial charge in [-0.15, -0.1) is 0 Å². The molecule has 110 valence electrons. The minimum Gasteiger partial charge on any atom is -0.387 e. The molecule has 1 unspecified atom stereocenters. The summed E-state index contributed by atoms with van der Waals surface area (Å²) in [4.78, 5) is 0. The molecule has 1 atom stereocenters. The normalized spacial score (nSPS) is 13.4. The van der Waals surface area contributed by atoms with Gasteiger partial charge in [0, 0.05) is 5.41 Å². The van der Waals surface area contributed by atoms with Crippen molar-refractivity contribution in [2.24, 2.45) is 0 Å². The predicted molar refractivity (Wildman–Crippen MR) is 85.4 cm³/mol. The van der Waals surface area contributed by atoms with Gasteiger partial charge in [0.15, 0.2) is 9.84 Å². The Morgan fingerprint density at radius 2 is 1.67 bits per heavy atom. The molecule has 0 saturated carbocycles. The zero-order chi connectivity index (χ0) is 15.3. The highest BCUT2D eigenvalue weighted by Gasteiger charge is 2.16. The lowest BCUT2D eigenvalue weighted by molar-refractivity contribution is 0.202. The van der Waals surface area contributed by atoms with E-state index in [0.717, 1.165) is 16.5 Å². The van der Waals surface area contributed by atoms with Crippen molar-refractivity contribution < 1.29 is 13.5 Å². The summed E-state index contributed by atoms with van der Waals surface area (Å²) in [6, 6.07) is 16.4. The summed E-state index contributed by atoms with van der Waals surface area (Å²) in [6.45, 7) is 1.94. The smallest absolute Gasteiger partial charge is 0.174 e. The van der Waals surface area contributed by atoms with E-state index in [9.17, 15) is 13.5 Å². The Bertz CT molecular complexity index is 701. The van der Waals surface area contributed by atoms with Crippen LogP contribution >= 0.6 is 0 Å². The second kappa shape index (κ2) is 6.70. The lowest BCUT2D eigenvalue weighted by Gasteiger charge is -2.10. The maximum atomic E-state index is 12.0. The lowest BCUT2D eigenvalue weighted by atomic mass is 10.1. The fourth-order valence-corrected chi connectivity index (χ4v) is 3.01. The third-order valence-corrected chi connectivity index (χ3v) is 4.45. The van der Waals surface area contributed by atoms with Crippen molar-refractivity contribution >= 4 is 15.9 Å². The molecule has 0 fully saturated rings. The molecule has 0 aliphatic rings. The highest BCUT2D eigenvalue weighted by molar-refractivity contribution is 7.94. The van der Waals surface area contributed by atoms with Gasteiger partial charge in [-0.25, -0.2) is 8.42 Å². The first-order chi connectivity index (χ1) is 9.96. The summed E-state index contributed by atoms with van der Waals surface area (Å²) in [6.07, 6.45) is 0.521. The Balaban J connectivity index is 2.07. The zero-order valence-corrected chi connectivity index (χ0v) is 12.6. The first kappa shape index (κ1) is 15.5. The molecule has 21 heavy (non-hydrogen) atoms. The number of sulfone groups is 1. The largest absolute Gasteiger partial charge is 0.387 e. The highest BCUT2D eigenvalue weighted by atomic mass is 32.2. The molecule has 0 bridgehead atoms. The Morgan fingerprint density at radius 3 is 2.29 bits per heavy atom. The van der Waals surface area contributed by atoms with Crippen LogP contribution in [0.2, 0.25) is 0 Å². The molecule has 2 aromatic carbocycles. The molecule has 0 amide bonds. The molecule has 0 spiro atoms. The average molecular weight is 302 g/mol. The number of benzene rings is 2. The maximum Gasteiger partial charge on any atom is 0.174 e. The van der Waals surface area contributed by atoms with Crippen molar-refractivity contribution in [1.82, 2.24) is 0 Å². The van der Waals surface area contributed by atoms with E-state index in [1.807, 2.05) is 49.4 Å². The monoisotopic (exact) mass is 302 g/mol. The van der Waals surface area contributed by atoms with Crippen LogP contribution in [0, 0.1) is 6.92 Å². The first-order valence-electron chi connectivity index (χ1n) is 6.67. The van der Waals surface area contributed by atoms with Crippen LogP contribution in [-0.2, 0) is 9.84 Å². The molecule has 0 aliphatic heterocycles. The van der Waals surface area contributed by atoms with Gasteiger partial charge in [-0.05, 0) is 24.1 Å². The van der Waals surface area contributed by atoms with E-state index < -0.39 is 15.9 Å². The number of aliphatic hydroxyl groups is 1. The van der Waals surface area contributed by atoms with E-state index in [1.165, 1.54) is 6.08 Å². The zero-order valence-electron chi connectivity index (χ0n) is 11.8. The Hall–Kier alpha value is -1.91. The topological polar surface area (TPSA) is 54.4 Å². The van der Waals surface area contributed by atoms with Crippen LogP contribution in [0.15, 0.2) is 60.0 Å². The molecule has 0 radical (unpaired) electrons. The number of aryl methyl sites for hydroxylation is 1. The van der Waals surface area contributed by atoms with Crippen molar-refractivity contribution in [1.29, 1.82) is 0 Å². The molecular formula is C17H18O3S. The lowest BCUT2D eigenvalue weighted by Crippen LogP contribution is -2.12. The van der Waals surface area contributed by atoms with E-state index in [-0.39, 0.29) is 5.75 Å². The Morgan fingerprint density at radius 1 is 1.05 bits per heavy atom. The quantitative estimate of drug-likeness (QED) is 0.923. The van der Waals surface area contributed by atoms with Crippen LogP contribution in [0.3, 0.4) is 0 Å². The molecule has 4 heteroatoms. The molecule has 0 saturated heterocycles. The van der Waals surface area contributed by atoms with Crippen molar-refractivity contribution in [3.63, 3.8) is 0 Å². The minimum atomic E-state index is -3.47. The van der Waals surface area contributed by atoms with Crippen LogP contribution in [0.4, 0.5) is 0 Å². The van der Waals surface area contributed by atoms with Crippen LogP contribution in [-0.4, -0.2) is 19.3 Å². The maximum absolute atomic E-state index is 12.0. The number of rotatable bonds is 5. The summed E-state index contributed by atoms with van der Waals surface area (Å²) in [5, 5.41) is 11.2. The molecule has 0 heterocycles. The standard InChI is InChI=1S/C17H18O3S/c1-14-7-9-16(10-8-14)17(18)13-21(19,20)12-11-15-5-3-2-4-6-15/h2-12,17-18H,13H2,1H3/b12-11+. The van der Waals surface area contributed by atoms with E-state index >= 15 is 0 Å². The second-order valence-electron chi connectivity index (χ2n) is 4.97. The first-order valence-corrected chi connectivity index (χ1v) is 8.38. The van der Waals surface area contributed by atoms with Crippen molar-refractivity contribution in [3.8, 4) is 0 Å². The second-order valence-corrected chi connectivity index (χ2v) is 6.90. The highest BCUT2D eigenvalue weighted by Crippen LogP contribution is 2.17. The van der Waals surface area contributed by atoms with Gasteiger partial charge in [0.05, 0.1) is 11.9 Å². The molecule has 0 aromatic heterocycles. The SMILES string of the molecule is Cc1ccc(C(O)CS(=O)(=O)/C=C/c2ccccc2)cc1. The summed E-state index contributed by atoms with van der Waals surface area (Å²) in [5.74, 6) is -0.320. The van der Waals surface area contributed by atoms with Gasteiger partial charge in [0.25, 0.3) is 0 Å². The van der Waals surface area contributed by atoms with Gasteiger partial charge in [0.1, 0.15) is 0 Å². The van der Waals surface area contributed by atoms with Crippen molar-refractivity contribution in [2.45, 2.75) is 13.0 Å². The van der Waals surface area contributed by atoms with Gasteiger partial charge < -0.3 is 5.11 Å². The number of hydrogen-bond acceptors (Lipinski definition) is 3. The van der Waals surface area contributed by atoms with Gasteiger partial charge >= 0.3 is 0 Å². The third-order valence-electron chi connectivity index (χ3n) is 3.12. The molecule has 3 nitrogen and oxygen atoms in total. The summed E-state index contributed by atoms with van der Waals surface area (Å²) >= 11 is 0. The third kappa shape index (κ3) is 4.85. The van der Waals surface area contributed by atoms with Crippen molar-refractivity contribution in [3.05, 3.63) is 76.7 Å². The molecule has 2 aromatic rings. The fourth-order valence-electron chi connectivity index (χ4n) is 1.91. The summed E-state index contributed by atoms with van der Waals surface area (Å²) < 4.78 is 24.0. The molecule has 0 aliphatic carbocycles. The van der Waals surface area contributed by atoms with Gasteiger partial charge in [0.2, 0.25) is 0 Å². The molecule has 1 N–H and O–H groups in total. The van der Waals surface area contributed by atoms with Crippen LogP contribution in [0.5, 0.6) is 0 Å². The van der Waals surface area contributed by atoms with Crippen LogP contribution in [0.1, 0.15) is 22.8 Å². The van der Waals surface area contributed by atoms with Crippen molar-refractivity contribution in [2.75, 3.05) is 5.75 Å². The van der Waals surface area contributed by atoms with Gasteiger partial charge in [-0.3, -0.25) is 0 Å². The number of aliphatic hydroxyl groups excluding tert-OH is 1. The van der Waals surface area contributed by atoms with E-state index in [4.69, 9.17) is 0 Å². The van der Waals surface area contributed by atoms with Gasteiger partial charge in [-0.2, -0.15) is 0 Å². The summed E-state index contributed by atoms with van der Waals surface area (Å²) in [7, 11) is -3.47. The predicted octanol–water partition coefficient (Wildman–Crippen LogP) is 3.11. The Kier molecular flexibility index (Phi) is 4.94. The van der Waals surface area contributed by atoms with E-state index in [1.54, 1.807) is 12.1 Å². The van der Waals surface area contributed by atoms with Gasteiger partial charge in [-0.1, -0.05) is 60.2 Å².